The van der Waals surface area contributed by atoms with Gasteiger partial charge >= 0.3 is 0 Å². The van der Waals surface area contributed by atoms with Crippen LogP contribution in [-0.4, -0.2) is 24.6 Å². The van der Waals surface area contributed by atoms with Gasteiger partial charge in [0, 0.05) is 29.3 Å². The third-order valence-electron chi connectivity index (χ3n) is 2.61. The summed E-state index contributed by atoms with van der Waals surface area (Å²) in [6.45, 7) is 3.97. The molecular formula is C12H11N5. The Morgan fingerprint density at radius 1 is 1.18 bits per heavy atom. The van der Waals surface area contributed by atoms with Crippen LogP contribution in [0.3, 0.4) is 0 Å². The average molecular weight is 225 g/mol. The Hall–Kier alpha value is -2.30. The molecule has 3 aromatic rings. The molecule has 3 heterocycles. The molecule has 0 bridgehead atoms. The fourth-order valence-corrected chi connectivity index (χ4v) is 1.91. The van der Waals surface area contributed by atoms with Crippen molar-refractivity contribution in [3.63, 3.8) is 0 Å². The second-order valence-corrected chi connectivity index (χ2v) is 3.94. The fourth-order valence-electron chi connectivity index (χ4n) is 1.91. The van der Waals surface area contributed by atoms with E-state index >= 15 is 0 Å². The van der Waals surface area contributed by atoms with E-state index in [9.17, 15) is 0 Å². The van der Waals surface area contributed by atoms with Gasteiger partial charge in [0.05, 0.1) is 0 Å². The molecule has 3 aromatic heterocycles. The predicted molar refractivity (Wildman–Crippen MR) is 63.5 cm³/mol. The number of aromatic nitrogens is 5. The van der Waals surface area contributed by atoms with Crippen molar-refractivity contribution >= 4 is 5.78 Å². The van der Waals surface area contributed by atoms with Gasteiger partial charge in [-0.15, -0.1) is 10.2 Å². The first-order valence-corrected chi connectivity index (χ1v) is 5.35. The van der Waals surface area contributed by atoms with Crippen LogP contribution < -0.4 is 0 Å². The van der Waals surface area contributed by atoms with Gasteiger partial charge in [0.1, 0.15) is 0 Å². The Morgan fingerprint density at radius 2 is 2.06 bits per heavy atom. The predicted octanol–water partition coefficient (Wildman–Crippen LogP) is 1.80. The second kappa shape index (κ2) is 3.62. The zero-order chi connectivity index (χ0) is 11.8. The minimum atomic E-state index is 0.626. The molecule has 0 unspecified atom stereocenters. The molecule has 0 saturated carbocycles. The van der Waals surface area contributed by atoms with Crippen LogP contribution in [0.15, 0.2) is 30.6 Å². The van der Waals surface area contributed by atoms with Crippen molar-refractivity contribution in [2.45, 2.75) is 13.8 Å². The largest absolute Gasteiger partial charge is 0.264 e. The first-order chi connectivity index (χ1) is 8.25. The van der Waals surface area contributed by atoms with Gasteiger partial charge in [-0.05, 0) is 32.0 Å². The summed E-state index contributed by atoms with van der Waals surface area (Å²) in [4.78, 5) is 8.44. The summed E-state index contributed by atoms with van der Waals surface area (Å²) in [5.74, 6) is 1.40. The molecule has 0 aliphatic rings. The van der Waals surface area contributed by atoms with E-state index in [1.165, 1.54) is 0 Å². The molecule has 0 spiro atoms. The molecule has 5 heteroatoms. The quantitative estimate of drug-likeness (QED) is 0.633. The topological polar surface area (TPSA) is 56.0 Å². The molecule has 0 amide bonds. The summed E-state index contributed by atoms with van der Waals surface area (Å²) in [5, 5.41) is 8.27. The minimum absolute atomic E-state index is 0.626. The van der Waals surface area contributed by atoms with Gasteiger partial charge in [-0.25, -0.2) is 4.98 Å². The van der Waals surface area contributed by atoms with Crippen LogP contribution in [0.25, 0.3) is 17.2 Å². The Balaban J connectivity index is 2.32. The van der Waals surface area contributed by atoms with Crippen LogP contribution >= 0.6 is 0 Å². The molecule has 84 valence electrons. The molecule has 0 aliphatic heterocycles. The first-order valence-electron chi connectivity index (χ1n) is 5.35. The van der Waals surface area contributed by atoms with Gasteiger partial charge in [-0.3, -0.25) is 9.38 Å². The van der Waals surface area contributed by atoms with Crippen LogP contribution in [0, 0.1) is 13.8 Å². The van der Waals surface area contributed by atoms with Gasteiger partial charge in [-0.1, -0.05) is 0 Å². The number of fused-ring (bicyclic) bond motifs is 1. The Labute approximate surface area is 98.2 Å². The summed E-state index contributed by atoms with van der Waals surface area (Å²) in [6.07, 6.45) is 3.51. The summed E-state index contributed by atoms with van der Waals surface area (Å²) in [6, 6.07) is 5.85. The molecule has 0 atom stereocenters. The SMILES string of the molecule is Cc1cc(C)n2c(-c3cccnc3)nnc2n1. The normalized spacial score (nSPS) is 10.9. The number of hydrogen-bond donors (Lipinski definition) is 0. The van der Waals surface area contributed by atoms with Crippen LogP contribution in [-0.2, 0) is 0 Å². The van der Waals surface area contributed by atoms with Crippen LogP contribution in [0.2, 0.25) is 0 Å². The number of rotatable bonds is 1. The highest BCUT2D eigenvalue weighted by atomic mass is 15.3. The molecule has 0 aliphatic carbocycles. The van der Waals surface area contributed by atoms with E-state index in [-0.39, 0.29) is 0 Å². The third-order valence-corrected chi connectivity index (χ3v) is 2.61. The van der Waals surface area contributed by atoms with Crippen molar-refractivity contribution in [2.75, 3.05) is 0 Å². The van der Waals surface area contributed by atoms with Gasteiger partial charge in [0.25, 0.3) is 5.78 Å². The van der Waals surface area contributed by atoms with E-state index in [2.05, 4.69) is 20.2 Å². The third kappa shape index (κ3) is 1.56. The van der Waals surface area contributed by atoms with E-state index in [0.29, 0.717) is 5.78 Å². The molecule has 0 saturated heterocycles. The number of nitrogens with zero attached hydrogens (tertiary/aromatic N) is 5. The molecule has 0 fully saturated rings. The summed E-state index contributed by atoms with van der Waals surface area (Å²) in [5.41, 5.74) is 2.95. The zero-order valence-electron chi connectivity index (χ0n) is 9.62. The Morgan fingerprint density at radius 3 is 2.82 bits per heavy atom. The molecule has 0 N–H and O–H groups in total. The van der Waals surface area contributed by atoms with Gasteiger partial charge in [0.2, 0.25) is 0 Å². The van der Waals surface area contributed by atoms with Crippen molar-refractivity contribution in [1.29, 1.82) is 0 Å². The standard InChI is InChI=1S/C12H11N5/c1-8-6-9(2)17-11(15-16-12(17)14-8)10-4-3-5-13-7-10/h3-7H,1-2H3. The van der Waals surface area contributed by atoms with Gasteiger partial charge < -0.3 is 0 Å². The highest BCUT2D eigenvalue weighted by Gasteiger charge is 2.11. The maximum atomic E-state index is 4.35. The van der Waals surface area contributed by atoms with Crippen LogP contribution in [0.4, 0.5) is 0 Å². The lowest BCUT2D eigenvalue weighted by Crippen LogP contribution is -1.98. The molecule has 5 nitrogen and oxygen atoms in total. The fraction of sp³-hybridized carbons (Fsp3) is 0.167. The summed E-state index contributed by atoms with van der Waals surface area (Å²) < 4.78 is 1.93. The molecular weight excluding hydrogens is 214 g/mol. The molecule has 0 radical (unpaired) electrons. The summed E-state index contributed by atoms with van der Waals surface area (Å²) in [7, 11) is 0. The number of aryl methyl sites for hydroxylation is 2. The van der Waals surface area contributed by atoms with E-state index in [1.807, 2.05) is 36.4 Å². The first kappa shape index (κ1) is 9.89. The number of pyridine rings is 1. The van der Waals surface area contributed by atoms with Crippen molar-refractivity contribution in [1.82, 2.24) is 24.6 Å². The monoisotopic (exact) mass is 225 g/mol. The highest BCUT2D eigenvalue weighted by molar-refractivity contribution is 5.57. The maximum Gasteiger partial charge on any atom is 0.255 e. The smallest absolute Gasteiger partial charge is 0.255 e. The molecule has 0 aromatic carbocycles. The van der Waals surface area contributed by atoms with Gasteiger partial charge in [-0.2, -0.15) is 0 Å². The van der Waals surface area contributed by atoms with Crippen LogP contribution in [0.5, 0.6) is 0 Å². The molecule has 17 heavy (non-hydrogen) atoms. The van der Waals surface area contributed by atoms with Crippen molar-refractivity contribution in [3.8, 4) is 11.4 Å². The van der Waals surface area contributed by atoms with E-state index in [4.69, 9.17) is 0 Å². The summed E-state index contributed by atoms with van der Waals surface area (Å²) >= 11 is 0. The lowest BCUT2D eigenvalue weighted by atomic mass is 10.2. The Kier molecular flexibility index (Phi) is 2.11. The number of hydrogen-bond acceptors (Lipinski definition) is 4. The second-order valence-electron chi connectivity index (χ2n) is 3.94. The lowest BCUT2D eigenvalue weighted by molar-refractivity contribution is 1.02. The minimum Gasteiger partial charge on any atom is -0.264 e. The molecule has 3 rings (SSSR count). The van der Waals surface area contributed by atoms with Crippen LogP contribution in [0.1, 0.15) is 11.4 Å². The lowest BCUT2D eigenvalue weighted by Gasteiger charge is -2.03. The van der Waals surface area contributed by atoms with Crippen molar-refractivity contribution in [2.24, 2.45) is 0 Å². The van der Waals surface area contributed by atoms with E-state index < -0.39 is 0 Å². The average Bonchev–Trinajstić information content (AvgIpc) is 2.74. The van der Waals surface area contributed by atoms with Crippen molar-refractivity contribution in [3.05, 3.63) is 42.0 Å². The van der Waals surface area contributed by atoms with E-state index in [0.717, 1.165) is 22.8 Å². The highest BCUT2D eigenvalue weighted by Crippen LogP contribution is 2.18. The zero-order valence-corrected chi connectivity index (χ0v) is 9.62. The Bertz CT molecular complexity index is 672. The van der Waals surface area contributed by atoms with E-state index in [1.54, 1.807) is 12.4 Å². The van der Waals surface area contributed by atoms with Gasteiger partial charge in [0.15, 0.2) is 5.82 Å². The maximum absolute atomic E-state index is 4.35. The van der Waals surface area contributed by atoms with Crippen molar-refractivity contribution < 1.29 is 0 Å².